The highest BCUT2D eigenvalue weighted by Crippen LogP contribution is 2.32. The van der Waals surface area contributed by atoms with Crippen LogP contribution in [-0.2, 0) is 6.42 Å². The van der Waals surface area contributed by atoms with Gasteiger partial charge in [-0.2, -0.15) is 0 Å². The zero-order chi connectivity index (χ0) is 35.1. The molecule has 0 aliphatic carbocycles. The number of rotatable bonds is 7. The van der Waals surface area contributed by atoms with E-state index in [1.165, 1.54) is 0 Å². The molecule has 8 aromatic rings. The van der Waals surface area contributed by atoms with E-state index < -0.39 is 0 Å². The third-order valence-electron chi connectivity index (χ3n) is 9.70. The zero-order valence-corrected chi connectivity index (χ0v) is 28.7. The molecule has 0 aliphatic rings. The number of aryl methyl sites for hydroxylation is 2. The number of fused-ring (bicyclic) bond motifs is 2. The Kier molecular flexibility index (Phi) is 8.20. The first-order valence-corrected chi connectivity index (χ1v) is 17.2. The van der Waals surface area contributed by atoms with Crippen LogP contribution in [0.3, 0.4) is 0 Å². The molecule has 248 valence electrons. The molecule has 6 heteroatoms. The molecule has 8 rings (SSSR count). The Labute approximate surface area is 296 Å². The monoisotopic (exact) mass is 664 g/mol. The molecule has 2 aromatic heterocycles. The van der Waals surface area contributed by atoms with Crippen LogP contribution in [0.5, 0.6) is 0 Å². The van der Waals surface area contributed by atoms with Gasteiger partial charge in [-0.3, -0.25) is 18.7 Å². The van der Waals surface area contributed by atoms with Gasteiger partial charge in [-0.25, -0.2) is 9.97 Å². The first-order valence-electron chi connectivity index (χ1n) is 17.2. The molecule has 1 atom stereocenters. The fraction of sp³-hybridized carbons (Fsp3) is 0.111. The van der Waals surface area contributed by atoms with Gasteiger partial charge in [0, 0.05) is 11.1 Å². The van der Waals surface area contributed by atoms with Crippen LogP contribution in [0.2, 0.25) is 0 Å². The van der Waals surface area contributed by atoms with E-state index in [1.807, 2.05) is 135 Å². The van der Waals surface area contributed by atoms with Crippen molar-refractivity contribution in [1.29, 1.82) is 0 Å². The molecule has 6 nitrogen and oxygen atoms in total. The summed E-state index contributed by atoms with van der Waals surface area (Å²) in [5.74, 6) is 1.33. The summed E-state index contributed by atoms with van der Waals surface area (Å²) in [7, 11) is 0. The van der Waals surface area contributed by atoms with Crippen LogP contribution < -0.4 is 11.1 Å². The van der Waals surface area contributed by atoms with Gasteiger partial charge >= 0.3 is 0 Å². The molecule has 0 saturated carbocycles. The van der Waals surface area contributed by atoms with E-state index in [4.69, 9.17) is 9.97 Å². The summed E-state index contributed by atoms with van der Waals surface area (Å²) in [6.07, 6.45) is 0.745. The third-order valence-corrected chi connectivity index (χ3v) is 9.70. The van der Waals surface area contributed by atoms with Gasteiger partial charge in [-0.15, -0.1) is 0 Å². The van der Waals surface area contributed by atoms with E-state index in [9.17, 15) is 9.59 Å². The van der Waals surface area contributed by atoms with Crippen LogP contribution in [-0.4, -0.2) is 19.1 Å². The van der Waals surface area contributed by atoms with Crippen LogP contribution in [0, 0.1) is 13.8 Å². The van der Waals surface area contributed by atoms with Gasteiger partial charge in [0.25, 0.3) is 11.1 Å². The lowest BCUT2D eigenvalue weighted by molar-refractivity contribution is 0.758. The Morgan fingerprint density at radius 2 is 1.00 bits per heavy atom. The fourth-order valence-electron chi connectivity index (χ4n) is 7.00. The number of nitrogens with zero attached hydrogens (tertiary/aromatic N) is 4. The van der Waals surface area contributed by atoms with Crippen LogP contribution >= 0.6 is 0 Å². The predicted molar refractivity (Wildman–Crippen MR) is 207 cm³/mol. The third kappa shape index (κ3) is 5.85. The van der Waals surface area contributed by atoms with Crippen molar-refractivity contribution in [2.45, 2.75) is 33.1 Å². The predicted octanol–water partition coefficient (Wildman–Crippen LogP) is 9.38. The highest BCUT2D eigenvalue weighted by Gasteiger charge is 2.21. The smallest absolute Gasteiger partial charge is 0.266 e. The second kappa shape index (κ2) is 13.1. The maximum absolute atomic E-state index is 14.1. The Morgan fingerprint density at radius 3 is 1.59 bits per heavy atom. The van der Waals surface area contributed by atoms with Gasteiger partial charge in [0.1, 0.15) is 11.6 Å². The van der Waals surface area contributed by atoms with Crippen molar-refractivity contribution in [1.82, 2.24) is 19.1 Å². The Balaban J connectivity index is 1.18. The first kappa shape index (κ1) is 31.8. The second-order valence-electron chi connectivity index (χ2n) is 13.2. The summed E-state index contributed by atoms with van der Waals surface area (Å²) >= 11 is 0. The van der Waals surface area contributed by atoms with E-state index in [0.717, 1.165) is 51.2 Å². The maximum atomic E-state index is 14.1. The SMILES string of the molecule is Cc1ccc(-n2c(-c3ccccc3C(C)Cc3ccc(-n4c(-c5ccccc5C)nc5ccccc5c4=O)cc3)nc3ccccc3c2=O)cc1. The van der Waals surface area contributed by atoms with Crippen molar-refractivity contribution in [3.05, 3.63) is 189 Å². The molecule has 0 spiro atoms. The zero-order valence-electron chi connectivity index (χ0n) is 28.7. The van der Waals surface area contributed by atoms with Gasteiger partial charge in [0.05, 0.1) is 33.2 Å². The number of hydrogen-bond donors (Lipinski definition) is 0. The quantitative estimate of drug-likeness (QED) is 0.170. The molecule has 0 saturated heterocycles. The van der Waals surface area contributed by atoms with Crippen molar-refractivity contribution in [2.75, 3.05) is 0 Å². The van der Waals surface area contributed by atoms with Crippen molar-refractivity contribution in [2.24, 2.45) is 0 Å². The summed E-state index contributed by atoms with van der Waals surface area (Å²) in [6, 6.07) is 47.5. The van der Waals surface area contributed by atoms with Crippen molar-refractivity contribution in [3.8, 4) is 34.2 Å². The van der Waals surface area contributed by atoms with Gasteiger partial charge in [0.15, 0.2) is 0 Å². The van der Waals surface area contributed by atoms with Crippen LogP contribution in [0.4, 0.5) is 0 Å². The van der Waals surface area contributed by atoms with E-state index in [2.05, 4.69) is 31.2 Å². The summed E-state index contributed by atoms with van der Waals surface area (Å²) in [5.41, 5.74) is 8.92. The summed E-state index contributed by atoms with van der Waals surface area (Å²) < 4.78 is 3.46. The van der Waals surface area contributed by atoms with Crippen molar-refractivity contribution >= 4 is 21.8 Å². The molecule has 0 fully saturated rings. The van der Waals surface area contributed by atoms with E-state index in [1.54, 1.807) is 9.13 Å². The molecule has 51 heavy (non-hydrogen) atoms. The molecule has 0 bridgehead atoms. The van der Waals surface area contributed by atoms with E-state index in [0.29, 0.717) is 33.5 Å². The number of aromatic nitrogens is 4. The van der Waals surface area contributed by atoms with Gasteiger partial charge < -0.3 is 0 Å². The number of hydrogen-bond acceptors (Lipinski definition) is 4. The Bertz CT molecular complexity index is 2690. The number of benzene rings is 6. The molecular formula is C45H36N4O2. The molecule has 0 amide bonds. The van der Waals surface area contributed by atoms with Gasteiger partial charge in [0.2, 0.25) is 0 Å². The van der Waals surface area contributed by atoms with Gasteiger partial charge in [-0.05, 0) is 91.4 Å². The molecule has 0 N–H and O–H groups in total. The number of para-hydroxylation sites is 2. The molecule has 0 aliphatic heterocycles. The molecule has 0 radical (unpaired) electrons. The largest absolute Gasteiger partial charge is 0.268 e. The fourth-order valence-corrected chi connectivity index (χ4v) is 7.00. The minimum absolute atomic E-state index is 0.0921. The average molecular weight is 665 g/mol. The van der Waals surface area contributed by atoms with E-state index >= 15 is 0 Å². The molecule has 6 aromatic carbocycles. The summed E-state index contributed by atoms with van der Waals surface area (Å²) in [6.45, 7) is 6.28. The lowest BCUT2D eigenvalue weighted by Crippen LogP contribution is -2.22. The van der Waals surface area contributed by atoms with Gasteiger partial charge in [-0.1, -0.05) is 110 Å². The highest BCUT2D eigenvalue weighted by molar-refractivity contribution is 5.82. The maximum Gasteiger partial charge on any atom is 0.266 e. The molecule has 2 heterocycles. The summed E-state index contributed by atoms with van der Waals surface area (Å²) in [5, 5.41) is 1.16. The lowest BCUT2D eigenvalue weighted by Gasteiger charge is -2.20. The normalized spacial score (nSPS) is 12.0. The Hall–Kier alpha value is -6.40. The minimum Gasteiger partial charge on any atom is -0.268 e. The van der Waals surface area contributed by atoms with Crippen molar-refractivity contribution in [3.63, 3.8) is 0 Å². The highest BCUT2D eigenvalue weighted by atomic mass is 16.1. The summed E-state index contributed by atoms with van der Waals surface area (Å²) in [4.78, 5) is 38.1. The lowest BCUT2D eigenvalue weighted by atomic mass is 9.89. The molecule has 1 unspecified atom stereocenters. The van der Waals surface area contributed by atoms with Crippen LogP contribution in [0.15, 0.2) is 155 Å². The average Bonchev–Trinajstić information content (AvgIpc) is 3.16. The second-order valence-corrected chi connectivity index (χ2v) is 13.2. The van der Waals surface area contributed by atoms with Crippen LogP contribution in [0.25, 0.3) is 56.0 Å². The molecular weight excluding hydrogens is 629 g/mol. The Morgan fingerprint density at radius 1 is 0.529 bits per heavy atom. The van der Waals surface area contributed by atoms with Crippen LogP contribution in [0.1, 0.15) is 35.1 Å². The van der Waals surface area contributed by atoms with Crippen molar-refractivity contribution < 1.29 is 0 Å². The minimum atomic E-state index is -0.101. The first-order chi connectivity index (χ1) is 24.9. The topological polar surface area (TPSA) is 69.8 Å². The standard InChI is InChI=1S/C45H36N4O2/c1-29-20-24-33(25-21-29)49-43(47-41-19-11-9-17-39(41)45(49)51)37-15-7-6-13-35(37)31(3)28-32-22-26-34(27-23-32)48-42(36-14-5-4-12-30(36)2)46-40-18-10-8-16-38(40)44(48)50/h4-27,31H,28H2,1-3H3. The van der Waals surface area contributed by atoms with E-state index in [-0.39, 0.29) is 17.0 Å².